The number of carbonyl (C=O) groups excluding carboxylic acids is 1. The Bertz CT molecular complexity index is 834. The molecule has 1 atom stereocenters. The number of ether oxygens (including phenoxy) is 1. The highest BCUT2D eigenvalue weighted by Crippen LogP contribution is 2.25. The summed E-state index contributed by atoms with van der Waals surface area (Å²) in [6.07, 6.45) is 2.10. The molecule has 2 rings (SSSR count). The highest BCUT2D eigenvalue weighted by molar-refractivity contribution is 5.86. The van der Waals surface area contributed by atoms with Crippen molar-refractivity contribution in [3.05, 3.63) is 63.7 Å². The SMILES string of the molecule is CC[C@H](C)c1ccc(OCC(=O)N/N=C\c2cccc([N+](=O)[O-])c2[O-])cc1. The molecule has 0 spiro atoms. The third kappa shape index (κ3) is 5.53. The zero-order valence-corrected chi connectivity index (χ0v) is 15.0. The molecule has 0 radical (unpaired) electrons. The van der Waals surface area contributed by atoms with E-state index in [1.807, 2.05) is 12.1 Å². The summed E-state index contributed by atoms with van der Waals surface area (Å²) in [5.74, 6) is -0.272. The van der Waals surface area contributed by atoms with Crippen LogP contribution in [0.4, 0.5) is 5.69 Å². The largest absolute Gasteiger partial charge is 0.867 e. The summed E-state index contributed by atoms with van der Waals surface area (Å²) in [6, 6.07) is 11.4. The van der Waals surface area contributed by atoms with Gasteiger partial charge in [-0.15, -0.1) is 0 Å². The van der Waals surface area contributed by atoms with Gasteiger partial charge in [0.15, 0.2) is 6.61 Å². The summed E-state index contributed by atoms with van der Waals surface area (Å²) in [7, 11) is 0. The van der Waals surface area contributed by atoms with Gasteiger partial charge in [0.2, 0.25) is 0 Å². The first kappa shape index (κ1) is 19.9. The van der Waals surface area contributed by atoms with Crippen LogP contribution in [0.25, 0.3) is 0 Å². The molecule has 0 unspecified atom stereocenters. The monoisotopic (exact) mass is 370 g/mol. The number of nitro benzene ring substituents is 1. The third-order valence-electron chi connectivity index (χ3n) is 4.05. The van der Waals surface area contributed by atoms with Crippen molar-refractivity contribution in [1.29, 1.82) is 0 Å². The smallest absolute Gasteiger partial charge is 0.277 e. The summed E-state index contributed by atoms with van der Waals surface area (Å²) in [4.78, 5) is 21.7. The fourth-order valence-corrected chi connectivity index (χ4v) is 2.27. The van der Waals surface area contributed by atoms with Crippen LogP contribution in [0.2, 0.25) is 0 Å². The average Bonchev–Trinajstić information content (AvgIpc) is 2.67. The molecule has 8 nitrogen and oxygen atoms in total. The van der Waals surface area contributed by atoms with Crippen LogP contribution in [0.15, 0.2) is 47.6 Å². The van der Waals surface area contributed by atoms with Gasteiger partial charge in [-0.25, -0.2) is 5.43 Å². The van der Waals surface area contributed by atoms with Gasteiger partial charge in [-0.05, 0) is 41.3 Å². The Balaban J connectivity index is 1.87. The van der Waals surface area contributed by atoms with Gasteiger partial charge in [-0.1, -0.05) is 38.1 Å². The fourth-order valence-electron chi connectivity index (χ4n) is 2.27. The third-order valence-corrected chi connectivity index (χ3v) is 4.05. The van der Waals surface area contributed by atoms with E-state index in [1.165, 1.54) is 17.7 Å². The molecule has 2 aromatic rings. The van der Waals surface area contributed by atoms with E-state index in [0.29, 0.717) is 11.7 Å². The van der Waals surface area contributed by atoms with Crippen LogP contribution in [0.3, 0.4) is 0 Å². The lowest BCUT2D eigenvalue weighted by Gasteiger charge is -2.10. The van der Waals surface area contributed by atoms with Gasteiger partial charge in [-0.2, -0.15) is 5.10 Å². The quantitative estimate of drug-likeness (QED) is 0.435. The van der Waals surface area contributed by atoms with Crippen molar-refractivity contribution in [2.75, 3.05) is 6.61 Å². The summed E-state index contributed by atoms with van der Waals surface area (Å²) in [5.41, 5.74) is 2.87. The van der Waals surface area contributed by atoms with Crippen LogP contribution in [-0.2, 0) is 4.79 Å². The van der Waals surface area contributed by atoms with Crippen molar-refractivity contribution in [1.82, 2.24) is 5.43 Å². The second-order valence-electron chi connectivity index (χ2n) is 5.91. The molecule has 0 aromatic heterocycles. The second-order valence-corrected chi connectivity index (χ2v) is 5.91. The number of hydrogen-bond acceptors (Lipinski definition) is 6. The molecule has 27 heavy (non-hydrogen) atoms. The van der Waals surface area contributed by atoms with Crippen LogP contribution < -0.4 is 15.3 Å². The van der Waals surface area contributed by atoms with Crippen molar-refractivity contribution in [3.63, 3.8) is 0 Å². The van der Waals surface area contributed by atoms with Crippen LogP contribution in [0.5, 0.6) is 11.5 Å². The molecule has 0 aliphatic rings. The molecule has 0 aliphatic heterocycles. The summed E-state index contributed by atoms with van der Waals surface area (Å²) in [6.45, 7) is 4.00. The van der Waals surface area contributed by atoms with E-state index < -0.39 is 22.3 Å². The molecule has 2 aromatic carbocycles. The van der Waals surface area contributed by atoms with Gasteiger partial charge in [-0.3, -0.25) is 14.9 Å². The fraction of sp³-hybridized carbons (Fsp3) is 0.263. The number of rotatable bonds is 8. The van der Waals surface area contributed by atoms with Gasteiger partial charge in [0, 0.05) is 6.07 Å². The average molecular weight is 370 g/mol. The Hall–Kier alpha value is -3.42. The van der Waals surface area contributed by atoms with E-state index in [4.69, 9.17) is 4.74 Å². The Morgan fingerprint density at radius 1 is 1.30 bits per heavy atom. The van der Waals surface area contributed by atoms with E-state index in [1.54, 1.807) is 12.1 Å². The zero-order valence-electron chi connectivity index (χ0n) is 15.0. The van der Waals surface area contributed by atoms with Gasteiger partial charge in [0.1, 0.15) is 5.75 Å². The molecule has 1 amide bonds. The summed E-state index contributed by atoms with van der Waals surface area (Å²) >= 11 is 0. The molecule has 0 heterocycles. The van der Waals surface area contributed by atoms with Gasteiger partial charge < -0.3 is 9.84 Å². The number of nitro groups is 1. The lowest BCUT2D eigenvalue weighted by molar-refractivity contribution is -0.398. The number of nitrogens with one attached hydrogen (secondary N) is 1. The van der Waals surface area contributed by atoms with Crippen molar-refractivity contribution in [2.24, 2.45) is 5.10 Å². The minimum atomic E-state index is -0.766. The standard InChI is InChI=1S/C19H21N3O5/c1-3-13(2)14-7-9-16(10-8-14)27-12-18(23)21-20-11-15-5-4-6-17(19(15)24)22(25)26/h4-11,13,24H,3,12H2,1-2H3,(H,21,23)/p-1/b20-11-/t13-/m0/s1. The Kier molecular flexibility index (Phi) is 6.87. The molecule has 8 heteroatoms. The van der Waals surface area contributed by atoms with Crippen molar-refractivity contribution in [2.45, 2.75) is 26.2 Å². The molecule has 0 saturated carbocycles. The molecule has 0 aliphatic carbocycles. The first-order valence-electron chi connectivity index (χ1n) is 8.41. The van der Waals surface area contributed by atoms with Crippen LogP contribution in [-0.4, -0.2) is 23.7 Å². The van der Waals surface area contributed by atoms with Crippen molar-refractivity contribution < 1.29 is 19.6 Å². The zero-order chi connectivity index (χ0) is 19.8. The van der Waals surface area contributed by atoms with E-state index in [-0.39, 0.29) is 12.2 Å². The number of carbonyl (C=O) groups is 1. The van der Waals surface area contributed by atoms with Crippen LogP contribution in [0, 0.1) is 10.1 Å². The minimum absolute atomic E-state index is 0.00560. The number of para-hydroxylation sites is 1. The van der Waals surface area contributed by atoms with Crippen LogP contribution in [0.1, 0.15) is 37.3 Å². The minimum Gasteiger partial charge on any atom is -0.867 e. The molecule has 1 N–H and O–H groups in total. The molecule has 0 fully saturated rings. The van der Waals surface area contributed by atoms with Gasteiger partial charge in [0.05, 0.1) is 11.1 Å². The Morgan fingerprint density at radius 3 is 2.63 bits per heavy atom. The summed E-state index contributed by atoms with van der Waals surface area (Å²) in [5, 5.41) is 26.2. The van der Waals surface area contributed by atoms with Crippen molar-refractivity contribution >= 4 is 17.8 Å². The van der Waals surface area contributed by atoms with Gasteiger partial charge in [0.25, 0.3) is 11.6 Å². The molecular weight excluding hydrogens is 350 g/mol. The first-order valence-corrected chi connectivity index (χ1v) is 8.41. The van der Waals surface area contributed by atoms with E-state index in [9.17, 15) is 20.0 Å². The van der Waals surface area contributed by atoms with Crippen molar-refractivity contribution in [3.8, 4) is 11.5 Å². The second kappa shape index (κ2) is 9.33. The van der Waals surface area contributed by atoms with E-state index in [0.717, 1.165) is 18.7 Å². The van der Waals surface area contributed by atoms with Crippen LogP contribution >= 0.6 is 0 Å². The first-order chi connectivity index (χ1) is 12.9. The molecule has 142 valence electrons. The number of hydrogen-bond donors (Lipinski definition) is 1. The predicted octanol–water partition coefficient (Wildman–Crippen LogP) is 2.71. The molecule has 0 saturated heterocycles. The highest BCUT2D eigenvalue weighted by atomic mass is 16.6. The topological polar surface area (TPSA) is 117 Å². The number of amides is 1. The number of hydrazone groups is 1. The normalized spacial score (nSPS) is 11.9. The lowest BCUT2D eigenvalue weighted by atomic mass is 9.99. The van der Waals surface area contributed by atoms with Gasteiger partial charge >= 0.3 is 0 Å². The maximum absolute atomic E-state index is 11.8. The number of benzene rings is 2. The number of nitrogens with zero attached hydrogens (tertiary/aromatic N) is 2. The van der Waals surface area contributed by atoms with E-state index in [2.05, 4.69) is 24.4 Å². The highest BCUT2D eigenvalue weighted by Gasteiger charge is 2.08. The van der Waals surface area contributed by atoms with E-state index >= 15 is 0 Å². The summed E-state index contributed by atoms with van der Waals surface area (Å²) < 4.78 is 5.38. The maximum Gasteiger partial charge on any atom is 0.277 e. The Morgan fingerprint density at radius 2 is 2.00 bits per heavy atom. The predicted molar refractivity (Wildman–Crippen MR) is 98.9 cm³/mol. The Labute approximate surface area is 156 Å². The molecule has 0 bridgehead atoms. The molecular formula is C19H20N3O5-. The maximum atomic E-state index is 11.8. The lowest BCUT2D eigenvalue weighted by Crippen LogP contribution is -2.24.